The van der Waals surface area contributed by atoms with Gasteiger partial charge in [-0.25, -0.2) is 4.39 Å². The zero-order valence-corrected chi connectivity index (χ0v) is 15.8. The first-order chi connectivity index (χ1) is 11.6. The number of carbonyl (C=O) groups excluding carboxylic acids is 1. The molecule has 25 heavy (non-hydrogen) atoms. The maximum absolute atomic E-state index is 14.6. The largest absolute Gasteiger partial charge is 0.497 e. The van der Waals surface area contributed by atoms with Crippen molar-refractivity contribution in [2.45, 2.75) is 65.1 Å². The van der Waals surface area contributed by atoms with Crippen molar-refractivity contribution >= 4 is 18.5 Å². The molecule has 0 unspecified atom stereocenters. The molecule has 0 bridgehead atoms. The molecular formula is C19H27BFNO3. The Morgan fingerprint density at radius 1 is 1.08 bits per heavy atom. The van der Waals surface area contributed by atoms with Crippen molar-refractivity contribution in [1.82, 2.24) is 4.90 Å². The first kappa shape index (κ1) is 18.4. The van der Waals surface area contributed by atoms with Gasteiger partial charge in [0.15, 0.2) is 0 Å². The van der Waals surface area contributed by atoms with Crippen LogP contribution in [0.25, 0.3) is 0 Å². The molecule has 0 saturated carbocycles. The summed E-state index contributed by atoms with van der Waals surface area (Å²) in [5.74, 6) is -0.429. The van der Waals surface area contributed by atoms with Gasteiger partial charge in [-0.1, -0.05) is 0 Å². The molecule has 0 atom stereocenters. The maximum Gasteiger partial charge on any atom is 0.497 e. The molecule has 2 fully saturated rings. The third kappa shape index (κ3) is 3.34. The molecule has 3 rings (SSSR count). The third-order valence-electron chi connectivity index (χ3n) is 5.72. The summed E-state index contributed by atoms with van der Waals surface area (Å²) in [4.78, 5) is 14.7. The van der Waals surface area contributed by atoms with E-state index in [9.17, 15) is 9.18 Å². The fraction of sp³-hybridized carbons (Fsp3) is 0.632. The second-order valence-electron chi connectivity index (χ2n) is 8.13. The topological polar surface area (TPSA) is 38.8 Å². The van der Waals surface area contributed by atoms with Gasteiger partial charge in [-0.05, 0) is 71.6 Å². The predicted molar refractivity (Wildman–Crippen MR) is 96.6 cm³/mol. The SMILES string of the molecule is Cc1cc(F)c(B2OC(C)(C)C(C)(C)O2)cc1C(=O)N1CCCCC1. The van der Waals surface area contributed by atoms with Crippen LogP contribution in [0.1, 0.15) is 62.9 Å². The molecule has 1 aromatic carbocycles. The van der Waals surface area contributed by atoms with E-state index >= 15 is 0 Å². The van der Waals surface area contributed by atoms with Crippen LogP contribution in [0.15, 0.2) is 12.1 Å². The van der Waals surface area contributed by atoms with Gasteiger partial charge in [-0.3, -0.25) is 4.79 Å². The fourth-order valence-corrected chi connectivity index (χ4v) is 3.34. The number of nitrogens with zero attached hydrogens (tertiary/aromatic N) is 1. The number of piperidine rings is 1. The Labute approximate surface area is 149 Å². The summed E-state index contributed by atoms with van der Waals surface area (Å²) in [6.45, 7) is 11.0. The molecule has 2 saturated heterocycles. The second-order valence-corrected chi connectivity index (χ2v) is 8.13. The Bertz CT molecular complexity index is 667. The number of benzene rings is 1. The summed E-state index contributed by atoms with van der Waals surface area (Å²) in [6.07, 6.45) is 3.21. The van der Waals surface area contributed by atoms with E-state index < -0.39 is 24.1 Å². The van der Waals surface area contributed by atoms with Gasteiger partial charge >= 0.3 is 7.12 Å². The van der Waals surface area contributed by atoms with Crippen LogP contribution >= 0.6 is 0 Å². The highest BCUT2D eigenvalue weighted by atomic mass is 19.1. The Morgan fingerprint density at radius 2 is 1.64 bits per heavy atom. The fourth-order valence-electron chi connectivity index (χ4n) is 3.34. The second kappa shape index (κ2) is 6.40. The van der Waals surface area contributed by atoms with Crippen LogP contribution in [-0.4, -0.2) is 42.2 Å². The average molecular weight is 347 g/mol. The Balaban J connectivity index is 1.93. The number of hydrogen-bond acceptors (Lipinski definition) is 3. The van der Waals surface area contributed by atoms with Crippen molar-refractivity contribution in [1.29, 1.82) is 0 Å². The summed E-state index contributed by atoms with van der Waals surface area (Å²) >= 11 is 0. The summed E-state index contributed by atoms with van der Waals surface area (Å²) < 4.78 is 26.5. The lowest BCUT2D eigenvalue weighted by molar-refractivity contribution is 0.00578. The van der Waals surface area contributed by atoms with Gasteiger partial charge in [-0.2, -0.15) is 0 Å². The van der Waals surface area contributed by atoms with Gasteiger partial charge < -0.3 is 14.2 Å². The first-order valence-electron chi connectivity index (χ1n) is 9.07. The third-order valence-corrected chi connectivity index (χ3v) is 5.72. The molecule has 4 nitrogen and oxygen atoms in total. The van der Waals surface area contributed by atoms with Crippen LogP contribution in [0.5, 0.6) is 0 Å². The molecule has 0 aliphatic carbocycles. The number of amides is 1. The Kier molecular flexibility index (Phi) is 4.71. The molecule has 1 aromatic rings. The van der Waals surface area contributed by atoms with Crippen LogP contribution in [0.2, 0.25) is 0 Å². The monoisotopic (exact) mass is 347 g/mol. The van der Waals surface area contributed by atoms with Gasteiger partial charge in [0, 0.05) is 24.1 Å². The first-order valence-corrected chi connectivity index (χ1v) is 9.07. The van der Waals surface area contributed by atoms with E-state index in [4.69, 9.17) is 9.31 Å². The number of likely N-dealkylation sites (tertiary alicyclic amines) is 1. The van der Waals surface area contributed by atoms with Crippen LogP contribution in [-0.2, 0) is 9.31 Å². The number of aryl methyl sites for hydroxylation is 1. The van der Waals surface area contributed by atoms with Crippen LogP contribution in [0.4, 0.5) is 4.39 Å². The van der Waals surface area contributed by atoms with Crippen molar-refractivity contribution < 1.29 is 18.5 Å². The van der Waals surface area contributed by atoms with Gasteiger partial charge in [0.25, 0.3) is 5.91 Å². The maximum atomic E-state index is 14.6. The number of hydrogen-bond donors (Lipinski definition) is 0. The molecule has 0 aromatic heterocycles. The van der Waals surface area contributed by atoms with E-state index in [1.54, 1.807) is 13.0 Å². The van der Waals surface area contributed by atoms with Gasteiger partial charge in [0.2, 0.25) is 0 Å². The molecule has 1 amide bonds. The van der Waals surface area contributed by atoms with Crippen molar-refractivity contribution in [2.24, 2.45) is 0 Å². The molecule has 6 heteroatoms. The highest BCUT2D eigenvalue weighted by Gasteiger charge is 2.52. The molecule has 0 radical (unpaired) electrons. The molecule has 0 spiro atoms. The zero-order chi connectivity index (χ0) is 18.4. The van der Waals surface area contributed by atoms with Gasteiger partial charge in [-0.15, -0.1) is 0 Å². The molecular weight excluding hydrogens is 320 g/mol. The lowest BCUT2D eigenvalue weighted by Gasteiger charge is -2.32. The zero-order valence-electron chi connectivity index (χ0n) is 15.8. The number of rotatable bonds is 2. The van der Waals surface area contributed by atoms with Gasteiger partial charge in [0.05, 0.1) is 11.2 Å². The summed E-state index contributed by atoms with van der Waals surface area (Å²) in [6, 6.07) is 3.03. The number of carbonyl (C=O) groups is 1. The van der Waals surface area contributed by atoms with Crippen molar-refractivity contribution in [2.75, 3.05) is 13.1 Å². The molecule has 2 aliphatic rings. The van der Waals surface area contributed by atoms with Crippen LogP contribution in [0.3, 0.4) is 0 Å². The van der Waals surface area contributed by atoms with E-state index in [1.165, 1.54) is 6.07 Å². The average Bonchev–Trinajstić information content (AvgIpc) is 2.75. The predicted octanol–water partition coefficient (Wildman–Crippen LogP) is 3.06. The highest BCUT2D eigenvalue weighted by molar-refractivity contribution is 6.62. The summed E-state index contributed by atoms with van der Waals surface area (Å²) in [5.41, 5.74) is 0.379. The molecule has 2 heterocycles. The van der Waals surface area contributed by atoms with E-state index in [2.05, 4.69) is 0 Å². The Hall–Kier alpha value is -1.40. The summed E-state index contributed by atoms with van der Waals surface area (Å²) in [7, 11) is -0.807. The minimum atomic E-state index is -0.807. The molecule has 2 aliphatic heterocycles. The smallest absolute Gasteiger partial charge is 0.399 e. The van der Waals surface area contributed by atoms with Crippen LogP contribution < -0.4 is 5.46 Å². The van der Waals surface area contributed by atoms with E-state index in [1.807, 2.05) is 32.6 Å². The summed E-state index contributed by atoms with van der Waals surface area (Å²) in [5, 5.41) is 0. The van der Waals surface area contributed by atoms with Crippen molar-refractivity contribution in [3.63, 3.8) is 0 Å². The minimum absolute atomic E-state index is 0.0324. The normalized spacial score (nSPS) is 22.3. The standard InChI is InChI=1S/C19H27BFNO3/c1-13-11-16(21)15(20-24-18(2,3)19(4,5)25-20)12-14(13)17(23)22-9-7-6-8-10-22/h11-12H,6-10H2,1-5H3. The van der Waals surface area contributed by atoms with Crippen molar-refractivity contribution in [3.8, 4) is 0 Å². The van der Waals surface area contributed by atoms with Gasteiger partial charge in [0.1, 0.15) is 5.82 Å². The van der Waals surface area contributed by atoms with Crippen LogP contribution in [0, 0.1) is 12.7 Å². The lowest BCUT2D eigenvalue weighted by atomic mass is 9.77. The lowest BCUT2D eigenvalue weighted by Crippen LogP contribution is -2.41. The minimum Gasteiger partial charge on any atom is -0.399 e. The molecule has 136 valence electrons. The highest BCUT2D eigenvalue weighted by Crippen LogP contribution is 2.36. The van der Waals surface area contributed by atoms with E-state index in [-0.39, 0.29) is 5.91 Å². The number of halogens is 1. The quantitative estimate of drug-likeness (QED) is 0.772. The van der Waals surface area contributed by atoms with Crippen molar-refractivity contribution in [3.05, 3.63) is 29.1 Å². The Morgan fingerprint density at radius 3 is 2.20 bits per heavy atom. The molecule has 0 N–H and O–H groups in total. The van der Waals surface area contributed by atoms with E-state index in [0.29, 0.717) is 16.6 Å². The van der Waals surface area contributed by atoms with E-state index in [0.717, 1.165) is 32.4 Å².